The molecular weight excluding hydrogens is 138 g/mol. The first kappa shape index (κ1) is 9.75. The van der Waals surface area contributed by atoms with Gasteiger partial charge >= 0.3 is 0 Å². The summed E-state index contributed by atoms with van der Waals surface area (Å²) in [5.41, 5.74) is 7.18. The molecule has 0 aliphatic rings. The van der Waals surface area contributed by atoms with E-state index in [2.05, 4.69) is 0 Å². The average Bonchev–Trinajstić information content (AvgIpc) is 2.14. The summed E-state index contributed by atoms with van der Waals surface area (Å²) >= 11 is 0. The number of hydrogen-bond acceptors (Lipinski definition) is 1. The fourth-order valence-corrected chi connectivity index (χ4v) is 0.884. The van der Waals surface area contributed by atoms with Crippen molar-refractivity contribution in [1.82, 2.24) is 4.57 Å². The monoisotopic (exact) mass is 153 g/mol. The molecule has 0 unspecified atom stereocenters. The van der Waals surface area contributed by atoms with Gasteiger partial charge in [0.05, 0.1) is 5.69 Å². The molecule has 0 radical (unpaired) electrons. The van der Waals surface area contributed by atoms with Gasteiger partial charge in [-0.1, -0.05) is 7.43 Å². The van der Waals surface area contributed by atoms with E-state index in [4.69, 9.17) is 11.1 Å². The maximum absolute atomic E-state index is 7.15. The van der Waals surface area contributed by atoms with E-state index in [0.29, 0.717) is 0 Å². The molecule has 0 atom stereocenters. The number of aryl methyl sites for hydroxylation is 1. The molecule has 0 fully saturated rings. The summed E-state index contributed by atoms with van der Waals surface area (Å²) in [6.45, 7) is 1.98. The van der Waals surface area contributed by atoms with Gasteiger partial charge < -0.3 is 10.3 Å². The number of hydrogen-bond donors (Lipinski definition) is 2. The zero-order valence-corrected chi connectivity index (χ0v) is 6.18. The Kier molecular flexibility index (Phi) is 2.87. The first-order valence-electron chi connectivity index (χ1n) is 3.09. The number of aromatic nitrogens is 1. The molecule has 0 spiro atoms. The number of nitrogens with two attached hydrogens (primary N) is 1. The van der Waals surface area contributed by atoms with Gasteiger partial charge in [-0.05, 0) is 19.1 Å². The summed E-state index contributed by atoms with van der Waals surface area (Å²) in [5.74, 6) is 0.121. The van der Waals surface area contributed by atoms with Crippen LogP contribution < -0.4 is 5.73 Å². The number of nitrogens with zero attached hydrogens (tertiary/aromatic N) is 1. The quantitative estimate of drug-likeness (QED) is 0.463. The van der Waals surface area contributed by atoms with Crippen LogP contribution in [-0.2, 0) is 7.05 Å². The number of nitrogens with one attached hydrogen (secondary N) is 1. The second-order valence-corrected chi connectivity index (χ2v) is 2.33. The van der Waals surface area contributed by atoms with Crippen molar-refractivity contribution < 1.29 is 0 Å². The van der Waals surface area contributed by atoms with Crippen LogP contribution in [0.25, 0.3) is 0 Å². The normalized spacial score (nSPS) is 8.91. The van der Waals surface area contributed by atoms with E-state index in [1.165, 1.54) is 0 Å². The van der Waals surface area contributed by atoms with E-state index in [-0.39, 0.29) is 13.3 Å². The van der Waals surface area contributed by atoms with E-state index in [0.717, 1.165) is 11.4 Å². The molecule has 3 nitrogen and oxygen atoms in total. The zero-order valence-electron chi connectivity index (χ0n) is 6.18. The maximum Gasteiger partial charge on any atom is 0.139 e. The molecule has 1 aromatic heterocycles. The zero-order chi connectivity index (χ0) is 7.72. The Balaban J connectivity index is 0.000001000. The lowest BCUT2D eigenvalue weighted by atomic mass is 10.4. The van der Waals surface area contributed by atoms with Crippen LogP contribution in [0.4, 0.5) is 0 Å². The van der Waals surface area contributed by atoms with E-state index in [9.17, 15) is 0 Å². The van der Waals surface area contributed by atoms with Crippen molar-refractivity contribution in [3.8, 4) is 0 Å². The van der Waals surface area contributed by atoms with Gasteiger partial charge in [0.15, 0.2) is 0 Å². The molecule has 0 amide bonds. The summed E-state index contributed by atoms with van der Waals surface area (Å²) < 4.78 is 1.89. The van der Waals surface area contributed by atoms with E-state index in [1.54, 1.807) is 0 Å². The summed E-state index contributed by atoms with van der Waals surface area (Å²) in [5, 5.41) is 7.15. The molecule has 0 aliphatic carbocycles. The van der Waals surface area contributed by atoms with Crippen LogP contribution in [0.15, 0.2) is 12.1 Å². The van der Waals surface area contributed by atoms with Gasteiger partial charge in [0.25, 0.3) is 0 Å². The average molecular weight is 153 g/mol. The lowest BCUT2D eigenvalue weighted by Gasteiger charge is -2.01. The third kappa shape index (κ3) is 1.61. The lowest BCUT2D eigenvalue weighted by molar-refractivity contribution is 0.868. The Morgan fingerprint density at radius 2 is 2.09 bits per heavy atom. The fraction of sp³-hybridized carbons (Fsp3) is 0.375. The second-order valence-electron chi connectivity index (χ2n) is 2.33. The molecule has 0 aliphatic heterocycles. The Hall–Kier alpha value is -1.25. The molecule has 0 saturated carbocycles. The number of amidine groups is 1. The second kappa shape index (κ2) is 3.23. The lowest BCUT2D eigenvalue weighted by Crippen LogP contribution is -2.15. The molecule has 1 heterocycles. The van der Waals surface area contributed by atoms with Crippen LogP contribution in [0.1, 0.15) is 18.8 Å². The van der Waals surface area contributed by atoms with Gasteiger partial charge in [-0.3, -0.25) is 5.41 Å². The highest BCUT2D eigenvalue weighted by molar-refractivity contribution is 5.93. The highest BCUT2D eigenvalue weighted by atomic mass is 15.0. The molecule has 1 rings (SSSR count). The van der Waals surface area contributed by atoms with Crippen molar-refractivity contribution in [2.75, 3.05) is 0 Å². The Bertz CT molecular complexity index is 260. The largest absolute Gasteiger partial charge is 0.382 e. The smallest absolute Gasteiger partial charge is 0.139 e. The molecule has 3 N–H and O–H groups in total. The van der Waals surface area contributed by atoms with Crippen LogP contribution in [0.2, 0.25) is 0 Å². The van der Waals surface area contributed by atoms with Crippen molar-refractivity contribution in [2.45, 2.75) is 14.4 Å². The minimum Gasteiger partial charge on any atom is -0.382 e. The molecule has 1 aromatic rings. The summed E-state index contributed by atoms with van der Waals surface area (Å²) in [6, 6.07) is 3.79. The first-order valence-corrected chi connectivity index (χ1v) is 3.09. The van der Waals surface area contributed by atoms with E-state index in [1.807, 2.05) is 30.7 Å². The summed E-state index contributed by atoms with van der Waals surface area (Å²) in [6.07, 6.45) is 0. The van der Waals surface area contributed by atoms with Gasteiger partial charge in [-0.15, -0.1) is 0 Å². The third-order valence-electron chi connectivity index (χ3n) is 1.65. The van der Waals surface area contributed by atoms with Crippen LogP contribution in [0, 0.1) is 12.3 Å². The van der Waals surface area contributed by atoms with Gasteiger partial charge in [0, 0.05) is 12.7 Å². The van der Waals surface area contributed by atoms with Crippen LogP contribution in [0.5, 0.6) is 0 Å². The number of nitrogen functional groups attached to an aromatic ring is 1. The molecule has 0 bridgehead atoms. The predicted octanol–water partition coefficient (Wildman–Crippen LogP) is 1.25. The highest BCUT2D eigenvalue weighted by Gasteiger charge is 2.01. The minimum absolute atomic E-state index is 0. The van der Waals surface area contributed by atoms with E-state index < -0.39 is 0 Å². The highest BCUT2D eigenvalue weighted by Crippen LogP contribution is 2.03. The summed E-state index contributed by atoms with van der Waals surface area (Å²) in [7, 11) is 1.89. The van der Waals surface area contributed by atoms with Crippen LogP contribution >= 0.6 is 0 Å². The minimum atomic E-state index is 0. The molecule has 0 saturated heterocycles. The standard InChI is InChI=1S/C7H11N3.CH4/c1-5-3-4-6(7(8)9)10(5)2;/h3-4H,1-2H3,(H3,8,9);1H4. The van der Waals surface area contributed by atoms with Crippen LogP contribution in [0.3, 0.4) is 0 Å². The molecule has 3 heteroatoms. The van der Waals surface area contributed by atoms with E-state index >= 15 is 0 Å². The summed E-state index contributed by atoms with van der Waals surface area (Å²) in [4.78, 5) is 0. The fourth-order valence-electron chi connectivity index (χ4n) is 0.884. The molecule has 62 valence electrons. The predicted molar refractivity (Wildman–Crippen MR) is 47.9 cm³/mol. The molecule has 11 heavy (non-hydrogen) atoms. The van der Waals surface area contributed by atoms with Gasteiger partial charge in [0.1, 0.15) is 5.84 Å². The topological polar surface area (TPSA) is 54.8 Å². The Morgan fingerprint density at radius 3 is 2.27 bits per heavy atom. The maximum atomic E-state index is 7.15. The Labute approximate surface area is 67.3 Å². The third-order valence-corrected chi connectivity index (χ3v) is 1.65. The van der Waals surface area contributed by atoms with Crippen LogP contribution in [-0.4, -0.2) is 10.4 Å². The Morgan fingerprint density at radius 1 is 1.55 bits per heavy atom. The molecular formula is C8H15N3. The van der Waals surface area contributed by atoms with Crippen molar-refractivity contribution in [3.63, 3.8) is 0 Å². The molecule has 0 aromatic carbocycles. The number of rotatable bonds is 1. The van der Waals surface area contributed by atoms with Crippen molar-refractivity contribution >= 4 is 5.84 Å². The van der Waals surface area contributed by atoms with Crippen molar-refractivity contribution in [3.05, 3.63) is 23.5 Å². The van der Waals surface area contributed by atoms with Crippen molar-refractivity contribution in [1.29, 1.82) is 5.41 Å². The van der Waals surface area contributed by atoms with Gasteiger partial charge in [-0.25, -0.2) is 0 Å². The first-order chi connectivity index (χ1) is 4.63. The van der Waals surface area contributed by atoms with Gasteiger partial charge in [0.2, 0.25) is 0 Å². The van der Waals surface area contributed by atoms with Crippen molar-refractivity contribution in [2.24, 2.45) is 12.8 Å². The SMILES string of the molecule is C.Cc1ccc(C(=N)N)n1C. The van der Waals surface area contributed by atoms with Gasteiger partial charge in [-0.2, -0.15) is 0 Å².